The number of halogens is 6. The lowest BCUT2D eigenvalue weighted by Gasteiger charge is -2.15. The molecule has 152 valence electrons. The van der Waals surface area contributed by atoms with Gasteiger partial charge < -0.3 is 4.74 Å². The summed E-state index contributed by atoms with van der Waals surface area (Å²) in [6.07, 6.45) is 0. The van der Waals surface area contributed by atoms with Crippen LogP contribution in [0.1, 0.15) is 11.6 Å². The molecule has 0 aliphatic rings. The van der Waals surface area contributed by atoms with Crippen LogP contribution in [0.3, 0.4) is 0 Å². The van der Waals surface area contributed by atoms with Crippen molar-refractivity contribution in [2.75, 3.05) is 7.11 Å². The molecule has 11 heteroatoms. The van der Waals surface area contributed by atoms with Gasteiger partial charge in [0.05, 0.1) is 7.11 Å². The maximum absolute atomic E-state index is 5.91. The lowest BCUT2D eigenvalue weighted by Crippen LogP contribution is -2.16. The number of benzene rings is 2. The fourth-order valence-electron chi connectivity index (χ4n) is 2.21. The molecular formula is C18H11Cl6N3OS. The van der Waals surface area contributed by atoms with E-state index in [9.17, 15) is 0 Å². The first kappa shape index (κ1) is 23.0. The SMILES string of the molecule is COc1ccc(Sc2ccc(-c3nc(C(Cl)(Cl)Cl)nc(C(Cl)(Cl)Cl)n3)cc2)cc1. The molecule has 1 heterocycles. The zero-order valence-electron chi connectivity index (χ0n) is 14.5. The maximum Gasteiger partial charge on any atom is 0.250 e. The molecule has 0 N–H and O–H groups in total. The molecule has 0 amide bonds. The summed E-state index contributed by atoms with van der Waals surface area (Å²) in [6, 6.07) is 15.2. The van der Waals surface area contributed by atoms with Crippen molar-refractivity contribution in [2.24, 2.45) is 0 Å². The van der Waals surface area contributed by atoms with Crippen LogP contribution in [0.4, 0.5) is 0 Å². The minimum absolute atomic E-state index is 0.134. The lowest BCUT2D eigenvalue weighted by atomic mass is 10.2. The zero-order chi connectivity index (χ0) is 21.2. The van der Waals surface area contributed by atoms with Crippen LogP contribution in [0.5, 0.6) is 5.75 Å². The number of hydrogen-bond donors (Lipinski definition) is 0. The highest BCUT2D eigenvalue weighted by Crippen LogP contribution is 2.41. The van der Waals surface area contributed by atoms with E-state index in [0.29, 0.717) is 5.56 Å². The Hall–Kier alpha value is -0.660. The molecule has 3 aromatic rings. The quantitative estimate of drug-likeness (QED) is 0.331. The Morgan fingerprint density at radius 3 is 1.55 bits per heavy atom. The first-order chi connectivity index (χ1) is 13.6. The molecule has 1 aromatic heterocycles. The Morgan fingerprint density at radius 1 is 0.690 bits per heavy atom. The van der Waals surface area contributed by atoms with Crippen LogP contribution in [0.15, 0.2) is 58.3 Å². The van der Waals surface area contributed by atoms with Crippen LogP contribution in [0, 0.1) is 0 Å². The summed E-state index contributed by atoms with van der Waals surface area (Å²) in [5.74, 6) is 0.758. The number of methoxy groups -OCH3 is 1. The van der Waals surface area contributed by atoms with Gasteiger partial charge in [0.25, 0.3) is 0 Å². The molecule has 0 radical (unpaired) electrons. The molecule has 29 heavy (non-hydrogen) atoms. The zero-order valence-corrected chi connectivity index (χ0v) is 19.9. The van der Waals surface area contributed by atoms with Crippen LogP contribution in [0.25, 0.3) is 11.4 Å². The fourth-order valence-corrected chi connectivity index (χ4v) is 3.53. The van der Waals surface area contributed by atoms with E-state index in [1.54, 1.807) is 18.9 Å². The van der Waals surface area contributed by atoms with Crippen molar-refractivity contribution in [3.63, 3.8) is 0 Å². The topological polar surface area (TPSA) is 47.9 Å². The second-order valence-corrected chi connectivity index (χ2v) is 11.3. The van der Waals surface area contributed by atoms with E-state index in [-0.39, 0.29) is 17.5 Å². The highest BCUT2D eigenvalue weighted by molar-refractivity contribution is 7.99. The van der Waals surface area contributed by atoms with Crippen molar-refractivity contribution < 1.29 is 4.74 Å². The molecule has 0 atom stereocenters. The van der Waals surface area contributed by atoms with Gasteiger partial charge in [-0.25, -0.2) is 15.0 Å². The van der Waals surface area contributed by atoms with Gasteiger partial charge in [-0.15, -0.1) is 0 Å². The van der Waals surface area contributed by atoms with E-state index in [2.05, 4.69) is 15.0 Å². The van der Waals surface area contributed by atoms with Crippen molar-refractivity contribution >= 4 is 81.4 Å². The number of hydrogen-bond acceptors (Lipinski definition) is 5. The molecule has 0 fully saturated rings. The van der Waals surface area contributed by atoms with Gasteiger partial charge in [-0.2, -0.15) is 0 Å². The molecule has 4 nitrogen and oxygen atoms in total. The lowest BCUT2D eigenvalue weighted by molar-refractivity contribution is 0.414. The molecule has 0 saturated heterocycles. The predicted molar refractivity (Wildman–Crippen MR) is 121 cm³/mol. The largest absolute Gasteiger partial charge is 0.497 e. The Balaban J connectivity index is 1.90. The molecule has 0 unspecified atom stereocenters. The van der Waals surface area contributed by atoms with Crippen molar-refractivity contribution in [1.82, 2.24) is 15.0 Å². The van der Waals surface area contributed by atoms with E-state index >= 15 is 0 Å². The Bertz CT molecular complexity index is 956. The van der Waals surface area contributed by atoms with Crippen LogP contribution < -0.4 is 4.74 Å². The Kier molecular flexibility index (Phi) is 7.32. The Morgan fingerprint density at radius 2 is 1.14 bits per heavy atom. The summed E-state index contributed by atoms with van der Waals surface area (Å²) in [5.41, 5.74) is 0.650. The van der Waals surface area contributed by atoms with E-state index in [0.717, 1.165) is 15.5 Å². The van der Waals surface area contributed by atoms with E-state index in [1.165, 1.54) is 0 Å². The third kappa shape index (κ3) is 6.17. The highest BCUT2D eigenvalue weighted by Gasteiger charge is 2.34. The summed E-state index contributed by atoms with van der Waals surface area (Å²) in [7, 11) is 1.63. The molecule has 0 aliphatic carbocycles. The number of nitrogens with zero attached hydrogens (tertiary/aromatic N) is 3. The molecule has 0 saturated carbocycles. The van der Waals surface area contributed by atoms with Crippen LogP contribution in [-0.4, -0.2) is 22.1 Å². The van der Waals surface area contributed by atoms with Gasteiger partial charge in [0, 0.05) is 15.4 Å². The fraction of sp³-hybridized carbons (Fsp3) is 0.167. The summed E-state index contributed by atoms with van der Waals surface area (Å²) in [5, 5.41) is 0. The normalized spacial score (nSPS) is 12.1. The van der Waals surface area contributed by atoms with Gasteiger partial charge in [-0.3, -0.25) is 0 Å². The van der Waals surface area contributed by atoms with Crippen LogP contribution in [0.2, 0.25) is 0 Å². The number of aromatic nitrogens is 3. The van der Waals surface area contributed by atoms with Gasteiger partial charge >= 0.3 is 0 Å². The molecule has 3 rings (SSSR count). The second-order valence-electron chi connectivity index (χ2n) is 5.60. The van der Waals surface area contributed by atoms with Crippen molar-refractivity contribution in [3.05, 3.63) is 60.2 Å². The molecule has 2 aromatic carbocycles. The predicted octanol–water partition coefficient (Wildman–Crippen LogP) is 7.35. The van der Waals surface area contributed by atoms with E-state index < -0.39 is 7.59 Å². The minimum atomic E-state index is -1.90. The maximum atomic E-state index is 5.91. The third-order valence-corrected chi connectivity index (χ3v) is 5.58. The summed E-state index contributed by atoms with van der Waals surface area (Å²) in [4.78, 5) is 14.4. The monoisotopic (exact) mass is 527 g/mol. The number of alkyl halides is 6. The smallest absolute Gasteiger partial charge is 0.250 e. The summed E-state index contributed by atoms with van der Waals surface area (Å²) in [6.45, 7) is 0. The standard InChI is InChI=1S/C18H11Cl6N3OS/c1-28-11-4-8-13(9-5-11)29-12-6-2-10(3-7-12)14-25-15(17(19,20)21)27-16(26-14)18(22,23)24/h2-9H,1H3. The van der Waals surface area contributed by atoms with Gasteiger partial charge in [-0.1, -0.05) is 93.5 Å². The first-order valence-corrected chi connectivity index (χ1v) is 11.0. The third-order valence-electron chi connectivity index (χ3n) is 3.55. The van der Waals surface area contributed by atoms with Gasteiger partial charge in [0.1, 0.15) is 5.75 Å². The minimum Gasteiger partial charge on any atom is -0.497 e. The summed E-state index contributed by atoms with van der Waals surface area (Å²) < 4.78 is 1.37. The molecule has 0 aliphatic heterocycles. The molecule has 0 bridgehead atoms. The van der Waals surface area contributed by atoms with Crippen molar-refractivity contribution in [2.45, 2.75) is 17.4 Å². The second kappa shape index (κ2) is 9.23. The Labute approximate surface area is 201 Å². The van der Waals surface area contributed by atoms with Crippen LogP contribution >= 0.6 is 81.4 Å². The number of ether oxygens (including phenoxy) is 1. The average Bonchev–Trinajstić information content (AvgIpc) is 2.67. The van der Waals surface area contributed by atoms with E-state index in [4.69, 9.17) is 74.3 Å². The van der Waals surface area contributed by atoms with Crippen LogP contribution in [-0.2, 0) is 7.59 Å². The van der Waals surface area contributed by atoms with Crippen molar-refractivity contribution in [3.8, 4) is 17.1 Å². The number of rotatable bonds is 4. The summed E-state index contributed by atoms with van der Waals surface area (Å²) >= 11 is 37.1. The molecular weight excluding hydrogens is 519 g/mol. The highest BCUT2D eigenvalue weighted by atomic mass is 35.6. The average molecular weight is 530 g/mol. The molecule has 0 spiro atoms. The van der Waals surface area contributed by atoms with E-state index in [1.807, 2.05) is 48.5 Å². The first-order valence-electron chi connectivity index (χ1n) is 7.89. The van der Waals surface area contributed by atoms with Gasteiger partial charge in [0.2, 0.25) is 7.59 Å². The van der Waals surface area contributed by atoms with Gasteiger partial charge in [-0.05, 0) is 36.4 Å². The van der Waals surface area contributed by atoms with Gasteiger partial charge in [0.15, 0.2) is 17.5 Å². The van der Waals surface area contributed by atoms with Crippen molar-refractivity contribution in [1.29, 1.82) is 0 Å².